The molecule has 0 aliphatic carbocycles. The summed E-state index contributed by atoms with van der Waals surface area (Å²) in [4.78, 5) is 81.8. The number of carboxylic acids is 1. The van der Waals surface area contributed by atoms with Crippen molar-refractivity contribution in [1.29, 1.82) is 0 Å². The molecule has 268 valence electrons. The predicted molar refractivity (Wildman–Crippen MR) is 198 cm³/mol. The average Bonchev–Trinajstić information content (AvgIpc) is 3.14. The first kappa shape index (κ1) is 35.0. The van der Waals surface area contributed by atoms with E-state index in [1.807, 2.05) is 0 Å². The van der Waals surface area contributed by atoms with Crippen molar-refractivity contribution in [1.82, 2.24) is 9.80 Å². The number of carbonyl (C=O) groups is 6. The van der Waals surface area contributed by atoms with Gasteiger partial charge in [-0.25, -0.2) is 9.59 Å². The van der Waals surface area contributed by atoms with Crippen molar-refractivity contribution in [2.24, 2.45) is 0 Å². The van der Waals surface area contributed by atoms with Gasteiger partial charge < -0.3 is 9.84 Å². The van der Waals surface area contributed by atoms with Gasteiger partial charge in [0.15, 0.2) is 0 Å². The van der Waals surface area contributed by atoms with Crippen LogP contribution >= 0.6 is 0 Å². The summed E-state index contributed by atoms with van der Waals surface area (Å²) in [5.74, 6) is -4.43. The van der Waals surface area contributed by atoms with Gasteiger partial charge in [0.25, 0.3) is 23.6 Å². The average molecular weight is 703 g/mol. The Morgan fingerprint density at radius 1 is 0.538 bits per heavy atom. The van der Waals surface area contributed by atoms with Crippen LogP contribution < -0.4 is 0 Å². The van der Waals surface area contributed by atoms with Crippen molar-refractivity contribution in [2.75, 3.05) is 6.61 Å². The molecule has 5 aromatic rings. The van der Waals surface area contributed by atoms with E-state index in [4.69, 9.17) is 4.74 Å². The number of carboxylic acid groups (broad SMARTS) is 1. The topological polar surface area (TPSA) is 138 Å². The van der Waals surface area contributed by atoms with Gasteiger partial charge in [-0.3, -0.25) is 29.0 Å². The Labute approximate surface area is 301 Å². The highest BCUT2D eigenvalue weighted by Gasteiger charge is 2.41. The molecule has 2 aliphatic rings. The largest absolute Gasteiger partial charge is 0.480 e. The first-order valence-corrected chi connectivity index (χ1v) is 18.4. The van der Waals surface area contributed by atoms with Crippen molar-refractivity contribution in [3.63, 3.8) is 0 Å². The first-order chi connectivity index (χ1) is 25.1. The Morgan fingerprint density at radius 3 is 1.25 bits per heavy atom. The zero-order chi connectivity index (χ0) is 36.8. The lowest BCUT2D eigenvalue weighted by Crippen LogP contribution is -2.49. The van der Waals surface area contributed by atoms with Crippen molar-refractivity contribution >= 4 is 78.7 Å². The highest BCUT2D eigenvalue weighted by atomic mass is 16.5. The quantitative estimate of drug-likeness (QED) is 0.0378. The fraction of sp³-hybridized carbons (Fsp3) is 0.381. The molecular weight excluding hydrogens is 660 g/mol. The van der Waals surface area contributed by atoms with Gasteiger partial charge in [0.2, 0.25) is 0 Å². The third kappa shape index (κ3) is 5.56. The summed E-state index contributed by atoms with van der Waals surface area (Å²) in [7, 11) is 0. The molecule has 1 N–H and O–H groups in total. The SMILES string of the molecule is CCCCCCCCCCCCOC(=O)C(C)N1C(=O)c2ccc3c4ccc5c6c(ccc(c7ccc(c2c37)C1=O)c64)C(=O)N(C(C)C(=O)O)C5=O. The van der Waals surface area contributed by atoms with Crippen LogP contribution in [0.4, 0.5) is 0 Å². The summed E-state index contributed by atoms with van der Waals surface area (Å²) in [6.07, 6.45) is 11.5. The standard InChI is InChI=1S/C42H42N2O8/c1-4-5-6-7-8-9-10-11-12-13-22-52-42(51)24(3)44-39(47)31-20-16-27-25-14-18-29-35-30(38(46)43(37(29)45)23(2)41(49)50)19-15-26(33(25)35)28-17-21-32(40(44)48)36(31)34(27)28/h14-21,23-24H,4-13,22H2,1-3H3,(H,49,50). The monoisotopic (exact) mass is 702 g/mol. The summed E-state index contributed by atoms with van der Waals surface area (Å²) in [6, 6.07) is 11.2. The Hall–Kier alpha value is -5.38. The number of hydrogen-bond acceptors (Lipinski definition) is 7. The van der Waals surface area contributed by atoms with E-state index in [-0.39, 0.29) is 17.7 Å². The molecule has 0 saturated carbocycles. The van der Waals surface area contributed by atoms with Gasteiger partial charge in [-0.15, -0.1) is 0 Å². The van der Waals surface area contributed by atoms with Crippen LogP contribution in [0, 0.1) is 0 Å². The second-order valence-corrected chi connectivity index (χ2v) is 14.1. The number of esters is 1. The molecular formula is C42H42N2O8. The minimum Gasteiger partial charge on any atom is -0.480 e. The van der Waals surface area contributed by atoms with Gasteiger partial charge in [-0.1, -0.05) is 89.0 Å². The van der Waals surface area contributed by atoms with E-state index >= 15 is 0 Å². The normalized spacial score (nSPS) is 15.4. The molecule has 4 amide bonds. The van der Waals surface area contributed by atoms with Crippen molar-refractivity contribution in [2.45, 2.75) is 97.1 Å². The first-order valence-electron chi connectivity index (χ1n) is 18.4. The zero-order valence-corrected chi connectivity index (χ0v) is 29.8. The van der Waals surface area contributed by atoms with E-state index in [0.29, 0.717) is 32.7 Å². The Kier molecular flexibility index (Phi) is 9.42. The molecule has 2 heterocycles. The second kappa shape index (κ2) is 14.0. The molecule has 5 aromatic carbocycles. The number of carbonyl (C=O) groups excluding carboxylic acids is 5. The Bertz CT molecular complexity index is 2190. The highest BCUT2D eigenvalue weighted by molar-refractivity contribution is 6.41. The highest BCUT2D eigenvalue weighted by Crippen LogP contribution is 2.46. The number of hydrogen-bond donors (Lipinski definition) is 1. The summed E-state index contributed by atoms with van der Waals surface area (Å²) in [5, 5.41) is 14.8. The van der Waals surface area contributed by atoms with Gasteiger partial charge >= 0.3 is 11.9 Å². The molecule has 2 unspecified atom stereocenters. The van der Waals surface area contributed by atoms with Crippen LogP contribution in [-0.4, -0.2) is 69.2 Å². The molecule has 0 fully saturated rings. The molecule has 0 radical (unpaired) electrons. The lowest BCUT2D eigenvalue weighted by Gasteiger charge is -2.32. The number of amides is 4. The van der Waals surface area contributed by atoms with Crippen LogP contribution in [0.15, 0.2) is 48.5 Å². The van der Waals surface area contributed by atoms with Crippen molar-refractivity contribution < 1.29 is 38.6 Å². The summed E-state index contributed by atoms with van der Waals surface area (Å²) < 4.78 is 5.54. The van der Waals surface area contributed by atoms with Gasteiger partial charge in [-0.05, 0) is 76.9 Å². The van der Waals surface area contributed by atoms with E-state index in [1.165, 1.54) is 52.4 Å². The number of fused-ring (bicyclic) bond motifs is 2. The second-order valence-electron chi connectivity index (χ2n) is 14.1. The predicted octanol–water partition coefficient (Wildman–Crippen LogP) is 8.25. The molecule has 52 heavy (non-hydrogen) atoms. The van der Waals surface area contributed by atoms with E-state index in [0.717, 1.165) is 57.0 Å². The Morgan fingerprint density at radius 2 is 0.885 bits per heavy atom. The fourth-order valence-electron chi connectivity index (χ4n) is 8.11. The molecule has 0 bridgehead atoms. The van der Waals surface area contributed by atoms with Crippen LogP contribution in [0.2, 0.25) is 0 Å². The summed E-state index contributed by atoms with van der Waals surface area (Å²) in [5.41, 5.74) is 1.05. The number of benzene rings is 5. The van der Waals surface area contributed by atoms with E-state index in [9.17, 15) is 33.9 Å². The number of unbranched alkanes of at least 4 members (excludes halogenated alkanes) is 9. The van der Waals surface area contributed by atoms with Crippen molar-refractivity contribution in [3.05, 3.63) is 70.8 Å². The van der Waals surface area contributed by atoms with Gasteiger partial charge in [0, 0.05) is 33.0 Å². The van der Waals surface area contributed by atoms with Crippen LogP contribution in [0.5, 0.6) is 0 Å². The van der Waals surface area contributed by atoms with E-state index in [1.54, 1.807) is 48.5 Å². The number of imide groups is 2. The van der Waals surface area contributed by atoms with Gasteiger partial charge in [0.05, 0.1) is 6.61 Å². The number of rotatable bonds is 15. The minimum absolute atomic E-state index is 0.229. The van der Waals surface area contributed by atoms with Crippen LogP contribution in [0.1, 0.15) is 126 Å². The van der Waals surface area contributed by atoms with Crippen molar-refractivity contribution in [3.8, 4) is 0 Å². The molecule has 0 aromatic heterocycles. The van der Waals surface area contributed by atoms with E-state index in [2.05, 4.69) is 6.92 Å². The number of ether oxygens (including phenoxy) is 1. The molecule has 7 rings (SSSR count). The molecule has 2 aliphatic heterocycles. The fourth-order valence-corrected chi connectivity index (χ4v) is 8.11. The molecule has 2 atom stereocenters. The van der Waals surface area contributed by atoms with Crippen LogP contribution in [0.3, 0.4) is 0 Å². The number of nitrogens with zero attached hydrogens (tertiary/aromatic N) is 2. The van der Waals surface area contributed by atoms with Gasteiger partial charge in [-0.2, -0.15) is 0 Å². The molecule has 0 spiro atoms. The lowest BCUT2D eigenvalue weighted by molar-refractivity contribution is -0.148. The summed E-state index contributed by atoms with van der Waals surface area (Å²) >= 11 is 0. The van der Waals surface area contributed by atoms with Crippen LogP contribution in [0.25, 0.3) is 43.1 Å². The zero-order valence-electron chi connectivity index (χ0n) is 29.8. The smallest absolute Gasteiger partial charge is 0.329 e. The minimum atomic E-state index is -1.35. The third-order valence-electron chi connectivity index (χ3n) is 10.9. The number of aliphatic carboxylic acids is 1. The Balaban J connectivity index is 1.15. The third-order valence-corrected chi connectivity index (χ3v) is 10.9. The maximum Gasteiger partial charge on any atom is 0.329 e. The molecule has 0 saturated heterocycles. The maximum atomic E-state index is 14.0. The maximum absolute atomic E-state index is 14.0. The summed E-state index contributed by atoms with van der Waals surface area (Å²) in [6.45, 7) is 5.26. The van der Waals surface area contributed by atoms with Gasteiger partial charge in [0.1, 0.15) is 12.1 Å². The van der Waals surface area contributed by atoms with E-state index < -0.39 is 47.7 Å². The molecule has 10 heteroatoms. The molecule has 10 nitrogen and oxygen atoms in total. The van der Waals surface area contributed by atoms with Crippen LogP contribution in [-0.2, 0) is 14.3 Å². The lowest BCUT2D eigenvalue weighted by atomic mass is 9.82.